The molecule has 0 heterocycles. The van der Waals surface area contributed by atoms with Crippen LogP contribution in [0.5, 0.6) is 0 Å². The van der Waals surface area contributed by atoms with Gasteiger partial charge in [-0.15, -0.1) is 0 Å². The molecule has 0 atom stereocenters. The Morgan fingerprint density at radius 1 is 1.07 bits per heavy atom. The molecule has 0 unspecified atom stereocenters. The summed E-state index contributed by atoms with van der Waals surface area (Å²) in [6.07, 6.45) is 0. The molecule has 14 heavy (non-hydrogen) atoms. The van der Waals surface area contributed by atoms with E-state index in [9.17, 15) is 0 Å². The van der Waals surface area contributed by atoms with Crippen molar-refractivity contribution < 1.29 is 20.1 Å². The lowest BCUT2D eigenvalue weighted by Crippen LogP contribution is -1.85. The van der Waals surface area contributed by atoms with Gasteiger partial charge in [-0.3, -0.25) is 4.79 Å². The van der Waals surface area contributed by atoms with Crippen LogP contribution >= 0.6 is 0 Å². The van der Waals surface area contributed by atoms with Gasteiger partial charge in [0, 0.05) is 6.92 Å². The SMILES string of the molecule is CC(=O)O.N=[N+]=N.N=[N+]=N.OCCO. The van der Waals surface area contributed by atoms with Gasteiger partial charge >= 0.3 is 0 Å². The highest BCUT2D eigenvalue weighted by atomic mass is 16.4. The highest BCUT2D eigenvalue weighted by Crippen LogP contribution is 1.42. The molecule has 82 valence electrons. The molecule has 0 saturated carbocycles. The van der Waals surface area contributed by atoms with Crippen LogP contribution < -0.4 is 9.82 Å². The molecule has 0 aromatic carbocycles. The van der Waals surface area contributed by atoms with E-state index < -0.39 is 5.97 Å². The van der Waals surface area contributed by atoms with Gasteiger partial charge in [0.2, 0.25) is 9.82 Å². The highest BCUT2D eigenvalue weighted by Gasteiger charge is 1.65. The first-order valence-electron chi connectivity index (χ1n) is 2.95. The predicted molar refractivity (Wildman–Crippen MR) is 42.6 cm³/mol. The van der Waals surface area contributed by atoms with Crippen molar-refractivity contribution in [1.82, 2.24) is 9.82 Å². The van der Waals surface area contributed by atoms with E-state index in [1.807, 2.05) is 9.82 Å². The summed E-state index contributed by atoms with van der Waals surface area (Å²) >= 11 is 0. The van der Waals surface area contributed by atoms with Crippen LogP contribution in [0, 0.1) is 22.1 Å². The van der Waals surface area contributed by atoms with Crippen LogP contribution in [0.25, 0.3) is 0 Å². The molecule has 0 aliphatic carbocycles. The topological polar surface area (TPSA) is 201 Å². The average molecular weight is 210 g/mol. The molecule has 0 radical (unpaired) electrons. The van der Waals surface area contributed by atoms with Crippen LogP contribution in [0.3, 0.4) is 0 Å². The number of aliphatic hydroxyl groups excluding tert-OH is 2. The largest absolute Gasteiger partial charge is 0.481 e. The molecule has 0 saturated heterocycles. The lowest BCUT2D eigenvalue weighted by molar-refractivity contribution is -0.134. The quantitative estimate of drug-likeness (QED) is 0.221. The summed E-state index contributed by atoms with van der Waals surface area (Å²) in [7, 11) is 0. The smallest absolute Gasteiger partial charge is 0.300 e. The molecule has 0 spiro atoms. The maximum atomic E-state index is 9.00. The lowest BCUT2D eigenvalue weighted by atomic mass is 10.8. The fourth-order valence-corrected chi connectivity index (χ4v) is 0. The Balaban J connectivity index is -0.0000000482. The van der Waals surface area contributed by atoms with Gasteiger partial charge in [0.15, 0.2) is 0 Å². The summed E-state index contributed by atoms with van der Waals surface area (Å²) in [5, 5.41) is 22.7. The number of hydrogen-bond donors (Lipinski definition) is 7. The Hall–Kier alpha value is -1.99. The molecule has 10 heteroatoms. The summed E-state index contributed by atoms with van der Waals surface area (Å²) in [5.41, 5.74) is 22.0. The molecule has 0 bridgehead atoms. The number of carboxylic acid groups (broad SMARTS) is 1. The first-order valence-corrected chi connectivity index (χ1v) is 2.95. The summed E-state index contributed by atoms with van der Waals surface area (Å²) in [6.45, 7) is 0.833. The van der Waals surface area contributed by atoms with E-state index in [2.05, 4.69) is 0 Å². The normalized spacial score (nSPS) is 5.07. The van der Waals surface area contributed by atoms with Crippen molar-refractivity contribution in [3.05, 3.63) is 0 Å². The summed E-state index contributed by atoms with van der Waals surface area (Å²) < 4.78 is 0. The van der Waals surface area contributed by atoms with Crippen molar-refractivity contribution >= 4 is 5.97 Å². The van der Waals surface area contributed by atoms with Crippen molar-refractivity contribution in [3.8, 4) is 0 Å². The molecule has 0 amide bonds. The Labute approximate surface area is 79.2 Å². The van der Waals surface area contributed by atoms with Gasteiger partial charge in [0.1, 0.15) is 22.1 Å². The Morgan fingerprint density at radius 2 is 1.14 bits per heavy atom. The first kappa shape index (κ1) is 22.7. The second kappa shape index (κ2) is 44.0. The van der Waals surface area contributed by atoms with E-state index in [4.69, 9.17) is 42.2 Å². The standard InChI is InChI=1S/C2H4O2.C2H6O2.2H2N3/c1-2(3)4;3-1-2-4;2*1-3-2/h1H3,(H,3,4);3-4H,1-2H2;2*1-2H/q;;2*+1. The first-order chi connectivity index (χ1) is 6.47. The van der Waals surface area contributed by atoms with E-state index >= 15 is 0 Å². The third kappa shape index (κ3) is 829. The van der Waals surface area contributed by atoms with E-state index in [1.165, 1.54) is 0 Å². The zero-order valence-electron chi connectivity index (χ0n) is 7.56. The molecule has 0 aromatic heterocycles. The highest BCUT2D eigenvalue weighted by molar-refractivity contribution is 5.62. The summed E-state index contributed by atoms with van der Waals surface area (Å²) in [4.78, 5) is 13.0. The number of nitrogens with one attached hydrogen (secondary N) is 4. The van der Waals surface area contributed by atoms with Crippen LogP contribution in [0.2, 0.25) is 0 Å². The van der Waals surface area contributed by atoms with Gasteiger partial charge in [-0.2, -0.15) is 0 Å². The number of hydrogen-bond acceptors (Lipinski definition) is 7. The Morgan fingerprint density at radius 3 is 1.14 bits per heavy atom. The van der Waals surface area contributed by atoms with Crippen LogP contribution in [-0.4, -0.2) is 34.5 Å². The third-order valence-corrected chi connectivity index (χ3v) is 0.1000. The zero-order chi connectivity index (χ0) is 12.4. The van der Waals surface area contributed by atoms with Gasteiger partial charge in [-0.25, -0.2) is 0 Å². The maximum absolute atomic E-state index is 9.00. The second-order valence-corrected chi connectivity index (χ2v) is 1.19. The zero-order valence-corrected chi connectivity index (χ0v) is 7.56. The van der Waals surface area contributed by atoms with Crippen molar-refractivity contribution in [2.75, 3.05) is 13.2 Å². The minimum Gasteiger partial charge on any atom is -0.481 e. The molecule has 10 nitrogen and oxygen atoms in total. The van der Waals surface area contributed by atoms with Gasteiger partial charge in [-0.1, -0.05) is 0 Å². The lowest BCUT2D eigenvalue weighted by Gasteiger charge is -1.70. The van der Waals surface area contributed by atoms with Crippen LogP contribution in [-0.2, 0) is 4.79 Å². The molecule has 0 rings (SSSR count). The molecule has 0 aromatic rings. The third-order valence-electron chi connectivity index (χ3n) is 0.1000. The molecule has 7 N–H and O–H groups in total. The van der Waals surface area contributed by atoms with Crippen molar-refractivity contribution in [1.29, 1.82) is 22.1 Å². The van der Waals surface area contributed by atoms with Crippen molar-refractivity contribution in [3.63, 3.8) is 0 Å². The molecule has 0 aliphatic heterocycles. The van der Waals surface area contributed by atoms with Crippen molar-refractivity contribution in [2.24, 2.45) is 0 Å². The predicted octanol–water partition coefficient (Wildman–Crippen LogP) is -0.707. The van der Waals surface area contributed by atoms with E-state index in [0.717, 1.165) is 6.92 Å². The summed E-state index contributed by atoms with van der Waals surface area (Å²) in [5.74, 6) is -0.833. The fraction of sp³-hybridized carbons (Fsp3) is 0.750. The van der Waals surface area contributed by atoms with Crippen LogP contribution in [0.4, 0.5) is 0 Å². The van der Waals surface area contributed by atoms with Gasteiger partial charge in [0.25, 0.3) is 5.97 Å². The molecule has 0 aliphatic rings. The molecular weight excluding hydrogens is 196 g/mol. The van der Waals surface area contributed by atoms with E-state index in [1.54, 1.807) is 0 Å². The molecule has 0 fully saturated rings. The van der Waals surface area contributed by atoms with Crippen molar-refractivity contribution in [2.45, 2.75) is 6.92 Å². The fourth-order valence-electron chi connectivity index (χ4n) is 0. The van der Waals surface area contributed by atoms with Gasteiger partial charge in [0.05, 0.1) is 13.2 Å². The number of carboxylic acids is 1. The Kier molecular flexibility index (Phi) is 71.2. The number of rotatable bonds is 1. The summed E-state index contributed by atoms with van der Waals surface area (Å²) in [6, 6.07) is 0. The minimum atomic E-state index is -0.833. The van der Waals surface area contributed by atoms with Crippen LogP contribution in [0.15, 0.2) is 0 Å². The number of aliphatic carboxylic acids is 1. The number of carbonyl (C=O) groups is 1. The molecular formula is C4H14N6O4+2. The average Bonchev–Trinajstić information content (AvgIpc) is 2.06. The van der Waals surface area contributed by atoms with E-state index in [-0.39, 0.29) is 13.2 Å². The van der Waals surface area contributed by atoms with Crippen LogP contribution in [0.1, 0.15) is 6.92 Å². The second-order valence-electron chi connectivity index (χ2n) is 1.19. The number of aliphatic hydroxyl groups is 2. The number of nitrogens with zero attached hydrogens (tertiary/aromatic N) is 2. The maximum Gasteiger partial charge on any atom is 0.300 e. The van der Waals surface area contributed by atoms with E-state index in [0.29, 0.717) is 0 Å². The minimum absolute atomic E-state index is 0.125. The Bertz CT molecular complexity index is 153. The van der Waals surface area contributed by atoms with Gasteiger partial charge < -0.3 is 15.3 Å². The van der Waals surface area contributed by atoms with Gasteiger partial charge in [-0.05, 0) is 0 Å². The monoisotopic (exact) mass is 210 g/mol.